The minimum Gasteiger partial charge on any atom is -0.331 e. The second-order valence-corrected chi connectivity index (χ2v) is 6.30. The molecule has 3 aromatic rings. The number of hydrogen-bond acceptors (Lipinski definition) is 2. The van der Waals surface area contributed by atoms with E-state index in [-0.39, 0.29) is 0 Å². The highest BCUT2D eigenvalue weighted by Crippen LogP contribution is 2.22. The van der Waals surface area contributed by atoms with E-state index in [1.165, 1.54) is 11.1 Å². The molecule has 0 unspecified atom stereocenters. The Kier molecular flexibility index (Phi) is 3.13. The molecular weight excluding hydrogens is 328 g/mol. The van der Waals surface area contributed by atoms with E-state index >= 15 is 0 Å². The van der Waals surface area contributed by atoms with Gasteiger partial charge in [0.15, 0.2) is 4.77 Å². The summed E-state index contributed by atoms with van der Waals surface area (Å²) in [7, 11) is 0. The maximum Gasteiger partial charge on any atom is 0.178 e. The van der Waals surface area contributed by atoms with Gasteiger partial charge in [0.25, 0.3) is 0 Å². The summed E-state index contributed by atoms with van der Waals surface area (Å²) in [6.45, 7) is 2.96. The number of imidazole rings is 1. The second kappa shape index (κ2) is 4.64. The molecule has 5 heteroatoms. The van der Waals surface area contributed by atoms with Gasteiger partial charge in [-0.3, -0.25) is 0 Å². The second-order valence-electron chi connectivity index (χ2n) is 4.26. The highest BCUT2D eigenvalue weighted by Gasteiger charge is 2.07. The monoisotopic (exact) mass is 338 g/mol. The van der Waals surface area contributed by atoms with Crippen molar-refractivity contribution in [1.29, 1.82) is 0 Å². The number of aromatic nitrogens is 2. The van der Waals surface area contributed by atoms with Crippen molar-refractivity contribution in [2.45, 2.75) is 13.5 Å². The Morgan fingerprint density at radius 2 is 2.22 bits per heavy atom. The zero-order chi connectivity index (χ0) is 12.7. The molecule has 2 nitrogen and oxygen atoms in total. The highest BCUT2D eigenvalue weighted by atomic mass is 79.9. The Morgan fingerprint density at radius 3 is 2.94 bits per heavy atom. The number of aryl methyl sites for hydroxylation is 1. The van der Waals surface area contributed by atoms with Gasteiger partial charge in [-0.1, -0.05) is 15.9 Å². The van der Waals surface area contributed by atoms with Crippen LogP contribution in [0.25, 0.3) is 11.0 Å². The number of H-pyrrole nitrogens is 1. The molecule has 0 aliphatic heterocycles. The molecule has 92 valence electrons. The molecule has 0 amide bonds. The van der Waals surface area contributed by atoms with Gasteiger partial charge in [0.2, 0.25) is 0 Å². The van der Waals surface area contributed by atoms with E-state index in [1.54, 1.807) is 11.3 Å². The van der Waals surface area contributed by atoms with E-state index in [4.69, 9.17) is 12.2 Å². The van der Waals surface area contributed by atoms with Gasteiger partial charge in [0.05, 0.1) is 17.6 Å². The van der Waals surface area contributed by atoms with Crippen molar-refractivity contribution in [2.75, 3.05) is 0 Å². The Hall–Kier alpha value is -0.910. The van der Waals surface area contributed by atoms with Gasteiger partial charge in [0, 0.05) is 4.47 Å². The topological polar surface area (TPSA) is 20.7 Å². The van der Waals surface area contributed by atoms with Crippen LogP contribution in [0.1, 0.15) is 11.1 Å². The normalized spacial score (nSPS) is 11.2. The number of fused-ring (bicyclic) bond motifs is 1. The molecule has 0 radical (unpaired) electrons. The predicted molar refractivity (Wildman–Crippen MR) is 83.0 cm³/mol. The van der Waals surface area contributed by atoms with E-state index in [9.17, 15) is 0 Å². The smallest absolute Gasteiger partial charge is 0.178 e. The molecule has 0 aliphatic rings. The number of hydrogen-bond donors (Lipinski definition) is 1. The number of thiophene rings is 1. The Labute approximate surface area is 122 Å². The van der Waals surface area contributed by atoms with E-state index in [0.29, 0.717) is 0 Å². The molecule has 0 aliphatic carbocycles. The van der Waals surface area contributed by atoms with Crippen LogP contribution in [0.2, 0.25) is 0 Å². The molecule has 0 atom stereocenters. The third-order valence-electron chi connectivity index (χ3n) is 3.03. The fraction of sp³-hybridized carbons (Fsp3) is 0.154. The molecule has 2 heterocycles. The largest absolute Gasteiger partial charge is 0.331 e. The van der Waals surface area contributed by atoms with Gasteiger partial charge in [-0.15, -0.1) is 0 Å². The van der Waals surface area contributed by atoms with Crippen molar-refractivity contribution in [1.82, 2.24) is 9.55 Å². The molecule has 2 aromatic heterocycles. The van der Waals surface area contributed by atoms with Crippen molar-refractivity contribution in [3.63, 3.8) is 0 Å². The van der Waals surface area contributed by atoms with Crippen LogP contribution in [0.15, 0.2) is 33.4 Å². The number of halogens is 1. The van der Waals surface area contributed by atoms with Crippen LogP contribution >= 0.6 is 39.5 Å². The highest BCUT2D eigenvalue weighted by molar-refractivity contribution is 9.10. The van der Waals surface area contributed by atoms with Crippen LogP contribution in [-0.2, 0) is 6.54 Å². The molecule has 0 saturated heterocycles. The quantitative estimate of drug-likeness (QED) is 0.660. The van der Waals surface area contributed by atoms with Crippen LogP contribution in [-0.4, -0.2) is 9.55 Å². The standard InChI is InChI=1S/C13H11BrN2S2/c1-8-6-18-7-9(8)5-16-12-4-10(14)2-3-11(12)15-13(16)17/h2-4,6-7H,5H2,1H3,(H,15,17). The summed E-state index contributed by atoms with van der Waals surface area (Å²) >= 11 is 10.7. The summed E-state index contributed by atoms with van der Waals surface area (Å²) in [5, 5.41) is 4.36. The average Bonchev–Trinajstić information content (AvgIpc) is 2.86. The first kappa shape index (κ1) is 12.1. The lowest BCUT2D eigenvalue weighted by molar-refractivity contribution is 0.808. The van der Waals surface area contributed by atoms with E-state index in [1.807, 2.05) is 12.1 Å². The first-order valence-corrected chi connectivity index (χ1v) is 7.69. The molecule has 0 bridgehead atoms. The minimum atomic E-state index is 0.772. The maximum atomic E-state index is 5.41. The van der Waals surface area contributed by atoms with Crippen molar-refractivity contribution < 1.29 is 0 Å². The summed E-state index contributed by atoms with van der Waals surface area (Å²) in [5.74, 6) is 0. The summed E-state index contributed by atoms with van der Waals surface area (Å²) in [6, 6.07) is 6.17. The lowest BCUT2D eigenvalue weighted by Crippen LogP contribution is -1.99. The molecule has 0 fully saturated rings. The Bertz CT molecular complexity index is 767. The molecule has 0 spiro atoms. The third-order valence-corrected chi connectivity index (χ3v) is 4.75. The SMILES string of the molecule is Cc1cscc1Cn1c(=S)[nH]c2ccc(Br)cc21. The zero-order valence-electron chi connectivity index (χ0n) is 9.74. The fourth-order valence-corrected chi connectivity index (χ4v) is 3.47. The van der Waals surface area contributed by atoms with Crippen LogP contribution in [0.5, 0.6) is 0 Å². The van der Waals surface area contributed by atoms with E-state index in [0.717, 1.165) is 26.8 Å². The number of nitrogens with one attached hydrogen (secondary N) is 1. The number of aromatic amines is 1. The maximum absolute atomic E-state index is 5.41. The first-order chi connectivity index (χ1) is 8.65. The van der Waals surface area contributed by atoms with Crippen molar-refractivity contribution in [3.05, 3.63) is 49.3 Å². The van der Waals surface area contributed by atoms with Gasteiger partial charge in [0.1, 0.15) is 0 Å². The number of rotatable bonds is 2. The van der Waals surface area contributed by atoms with Gasteiger partial charge in [-0.05, 0) is 59.2 Å². The summed E-state index contributed by atoms with van der Waals surface area (Å²) in [6.07, 6.45) is 0. The van der Waals surface area contributed by atoms with Gasteiger partial charge >= 0.3 is 0 Å². The fourth-order valence-electron chi connectivity index (χ4n) is 2.00. The van der Waals surface area contributed by atoms with Crippen LogP contribution in [0, 0.1) is 11.7 Å². The third kappa shape index (κ3) is 2.06. The average molecular weight is 339 g/mol. The molecule has 0 saturated carbocycles. The summed E-state index contributed by atoms with van der Waals surface area (Å²) in [5.41, 5.74) is 4.87. The van der Waals surface area contributed by atoms with E-state index < -0.39 is 0 Å². The summed E-state index contributed by atoms with van der Waals surface area (Å²) < 4.78 is 3.98. The summed E-state index contributed by atoms with van der Waals surface area (Å²) in [4.78, 5) is 3.25. The molecule has 1 N–H and O–H groups in total. The van der Waals surface area contributed by atoms with Gasteiger partial charge in [-0.2, -0.15) is 11.3 Å². The van der Waals surface area contributed by atoms with Crippen molar-refractivity contribution >= 4 is 50.5 Å². The predicted octanol–water partition coefficient (Wildman–Crippen LogP) is 4.88. The van der Waals surface area contributed by atoms with E-state index in [2.05, 4.69) is 49.2 Å². The van der Waals surface area contributed by atoms with Crippen LogP contribution < -0.4 is 0 Å². The molecular formula is C13H11BrN2S2. The number of nitrogens with zero attached hydrogens (tertiary/aromatic N) is 1. The van der Waals surface area contributed by atoms with Gasteiger partial charge < -0.3 is 9.55 Å². The zero-order valence-corrected chi connectivity index (χ0v) is 13.0. The lowest BCUT2D eigenvalue weighted by Gasteiger charge is -2.04. The van der Waals surface area contributed by atoms with Crippen molar-refractivity contribution in [3.8, 4) is 0 Å². The Morgan fingerprint density at radius 1 is 1.39 bits per heavy atom. The number of benzene rings is 1. The molecule has 18 heavy (non-hydrogen) atoms. The van der Waals surface area contributed by atoms with Crippen LogP contribution in [0.4, 0.5) is 0 Å². The first-order valence-electron chi connectivity index (χ1n) is 5.55. The van der Waals surface area contributed by atoms with Crippen LogP contribution in [0.3, 0.4) is 0 Å². The van der Waals surface area contributed by atoms with Gasteiger partial charge in [-0.25, -0.2) is 0 Å². The minimum absolute atomic E-state index is 0.772. The van der Waals surface area contributed by atoms with Crippen molar-refractivity contribution in [2.24, 2.45) is 0 Å². The Balaban J connectivity index is 2.17. The molecule has 3 rings (SSSR count). The lowest BCUT2D eigenvalue weighted by atomic mass is 10.2. The molecule has 1 aromatic carbocycles.